The molecule has 0 atom stereocenters. The minimum Gasteiger partial charge on any atom is -0.460 e. The van der Waals surface area contributed by atoms with Crippen molar-refractivity contribution in [1.82, 2.24) is 0 Å². The third-order valence-electron chi connectivity index (χ3n) is 0.703. The molecule has 0 aliphatic heterocycles. The van der Waals surface area contributed by atoms with E-state index in [0.717, 1.165) is 0 Å². The quantitative estimate of drug-likeness (QED) is 0.348. The molecular weight excluding hydrogens is 151 g/mol. The minimum atomic E-state index is -1.67. The van der Waals surface area contributed by atoms with Crippen molar-refractivity contribution in [1.29, 1.82) is 0 Å². The van der Waals surface area contributed by atoms with Crippen LogP contribution in [0.2, 0.25) is 0 Å². The van der Waals surface area contributed by atoms with Crippen molar-refractivity contribution in [3.8, 4) is 0 Å². The van der Waals surface area contributed by atoms with Crippen LogP contribution in [0.4, 0.5) is 4.39 Å². The molecule has 0 amide bonds. The number of carbonyl (C=O) groups excluding carboxylic acids is 2. The molecule has 0 rings (SSSR count). The van der Waals surface area contributed by atoms with Gasteiger partial charge in [-0.15, -0.1) is 0 Å². The molecule has 4 heteroatoms. The van der Waals surface area contributed by atoms with Crippen LogP contribution in [0, 0.1) is 0 Å². The van der Waals surface area contributed by atoms with Crippen LogP contribution >= 0.6 is 0 Å². The van der Waals surface area contributed by atoms with Gasteiger partial charge in [-0.05, 0) is 20.8 Å². The standard InChI is InChI=1S/C7H11FO3/c1-7(2,3)11-6(10)4-5(8)9/h4H2,1-3H3. The second-order valence-corrected chi connectivity index (χ2v) is 3.12. The van der Waals surface area contributed by atoms with Gasteiger partial charge in [-0.2, -0.15) is 4.39 Å². The second-order valence-electron chi connectivity index (χ2n) is 3.12. The first-order chi connectivity index (χ1) is 4.81. The molecule has 0 saturated heterocycles. The highest BCUT2D eigenvalue weighted by Gasteiger charge is 2.18. The molecular formula is C7H11FO3. The van der Waals surface area contributed by atoms with E-state index in [0.29, 0.717) is 0 Å². The van der Waals surface area contributed by atoms with E-state index >= 15 is 0 Å². The normalized spacial score (nSPS) is 10.9. The van der Waals surface area contributed by atoms with Crippen molar-refractivity contribution < 1.29 is 18.7 Å². The van der Waals surface area contributed by atoms with Crippen LogP contribution in [0.1, 0.15) is 27.2 Å². The lowest BCUT2D eigenvalue weighted by Gasteiger charge is -2.18. The predicted octanol–water partition coefficient (Wildman–Crippen LogP) is 1.21. The number of hydrogen-bond donors (Lipinski definition) is 0. The van der Waals surface area contributed by atoms with Crippen LogP contribution in [-0.4, -0.2) is 17.6 Å². The van der Waals surface area contributed by atoms with Crippen LogP contribution < -0.4 is 0 Å². The lowest BCUT2D eigenvalue weighted by molar-refractivity contribution is -0.157. The maximum Gasteiger partial charge on any atom is 0.316 e. The molecule has 0 unspecified atom stereocenters. The topological polar surface area (TPSA) is 43.4 Å². The molecule has 0 bridgehead atoms. The van der Waals surface area contributed by atoms with Gasteiger partial charge in [0.15, 0.2) is 0 Å². The Morgan fingerprint density at radius 3 is 2.09 bits per heavy atom. The summed E-state index contributed by atoms with van der Waals surface area (Å²) < 4.78 is 16.2. The number of ether oxygens (including phenoxy) is 1. The fraction of sp³-hybridized carbons (Fsp3) is 0.714. The van der Waals surface area contributed by atoms with Gasteiger partial charge in [-0.25, -0.2) is 0 Å². The van der Waals surface area contributed by atoms with Crippen molar-refractivity contribution in [3.05, 3.63) is 0 Å². The van der Waals surface area contributed by atoms with Gasteiger partial charge in [0.25, 0.3) is 0 Å². The maximum atomic E-state index is 11.6. The molecule has 0 heterocycles. The third-order valence-corrected chi connectivity index (χ3v) is 0.703. The Labute approximate surface area is 64.5 Å². The smallest absolute Gasteiger partial charge is 0.316 e. The van der Waals surface area contributed by atoms with E-state index in [1.165, 1.54) is 0 Å². The van der Waals surface area contributed by atoms with E-state index in [-0.39, 0.29) is 0 Å². The summed E-state index contributed by atoms with van der Waals surface area (Å²) in [6.07, 6.45) is -0.794. The zero-order chi connectivity index (χ0) is 9.07. The highest BCUT2D eigenvalue weighted by Crippen LogP contribution is 2.08. The molecule has 0 aromatic heterocycles. The molecule has 0 radical (unpaired) electrons. The van der Waals surface area contributed by atoms with E-state index in [1.54, 1.807) is 20.8 Å². The molecule has 0 aliphatic carbocycles. The largest absolute Gasteiger partial charge is 0.460 e. The Balaban J connectivity index is 3.80. The summed E-state index contributed by atoms with van der Waals surface area (Å²) in [5, 5.41) is 0. The summed E-state index contributed by atoms with van der Waals surface area (Å²) in [5.41, 5.74) is -0.660. The highest BCUT2D eigenvalue weighted by atomic mass is 19.1. The maximum absolute atomic E-state index is 11.6. The van der Waals surface area contributed by atoms with Crippen molar-refractivity contribution in [2.75, 3.05) is 0 Å². The van der Waals surface area contributed by atoms with Gasteiger partial charge in [0.05, 0.1) is 0 Å². The molecule has 0 aromatic rings. The van der Waals surface area contributed by atoms with Gasteiger partial charge in [-0.1, -0.05) is 0 Å². The molecule has 3 nitrogen and oxygen atoms in total. The van der Waals surface area contributed by atoms with Crippen molar-refractivity contribution in [2.45, 2.75) is 32.8 Å². The molecule has 0 aromatic carbocycles. The van der Waals surface area contributed by atoms with Gasteiger partial charge in [0.2, 0.25) is 0 Å². The summed E-state index contributed by atoms with van der Waals surface area (Å²) in [5.74, 6) is -0.829. The number of hydrogen-bond acceptors (Lipinski definition) is 3. The van der Waals surface area contributed by atoms with E-state index in [1.807, 2.05) is 0 Å². The lowest BCUT2D eigenvalue weighted by atomic mass is 10.2. The Hall–Kier alpha value is -0.930. The van der Waals surface area contributed by atoms with E-state index < -0.39 is 24.0 Å². The minimum absolute atomic E-state index is 0.660. The summed E-state index contributed by atoms with van der Waals surface area (Å²) in [7, 11) is 0. The second kappa shape index (κ2) is 3.46. The number of halogens is 1. The van der Waals surface area contributed by atoms with Gasteiger partial charge in [0, 0.05) is 0 Å². The Morgan fingerprint density at radius 2 is 1.82 bits per heavy atom. The van der Waals surface area contributed by atoms with E-state index in [9.17, 15) is 14.0 Å². The van der Waals surface area contributed by atoms with Crippen LogP contribution in [0.5, 0.6) is 0 Å². The summed E-state index contributed by atoms with van der Waals surface area (Å²) >= 11 is 0. The van der Waals surface area contributed by atoms with Crippen LogP contribution in [0.3, 0.4) is 0 Å². The van der Waals surface area contributed by atoms with Crippen molar-refractivity contribution >= 4 is 12.0 Å². The fourth-order valence-corrected chi connectivity index (χ4v) is 0.491. The van der Waals surface area contributed by atoms with Crippen molar-refractivity contribution in [2.24, 2.45) is 0 Å². The Bertz CT molecular complexity index is 169. The monoisotopic (exact) mass is 162 g/mol. The third kappa shape index (κ3) is 6.96. The van der Waals surface area contributed by atoms with Crippen molar-refractivity contribution in [3.63, 3.8) is 0 Å². The molecule has 0 saturated carbocycles. The van der Waals surface area contributed by atoms with Crippen LogP contribution in [0.25, 0.3) is 0 Å². The summed E-state index contributed by atoms with van der Waals surface area (Å²) in [6.45, 7) is 4.94. The molecule has 0 spiro atoms. The zero-order valence-electron chi connectivity index (χ0n) is 6.81. The summed E-state index contributed by atoms with van der Waals surface area (Å²) in [4.78, 5) is 20.4. The zero-order valence-corrected chi connectivity index (χ0v) is 6.81. The number of carbonyl (C=O) groups is 2. The lowest BCUT2D eigenvalue weighted by Crippen LogP contribution is -2.24. The van der Waals surface area contributed by atoms with Gasteiger partial charge in [0.1, 0.15) is 12.0 Å². The fourth-order valence-electron chi connectivity index (χ4n) is 0.491. The molecule has 0 fully saturated rings. The van der Waals surface area contributed by atoms with Gasteiger partial charge >= 0.3 is 12.0 Å². The first-order valence-corrected chi connectivity index (χ1v) is 3.21. The summed E-state index contributed by atoms with van der Waals surface area (Å²) in [6, 6.07) is -1.67. The first kappa shape index (κ1) is 10.1. The predicted molar refractivity (Wildman–Crippen MR) is 36.6 cm³/mol. The highest BCUT2D eigenvalue weighted by molar-refractivity contribution is 5.90. The molecule has 0 N–H and O–H groups in total. The Kier molecular flexibility index (Phi) is 3.17. The first-order valence-electron chi connectivity index (χ1n) is 3.21. The van der Waals surface area contributed by atoms with Gasteiger partial charge in [-0.3, -0.25) is 9.59 Å². The average molecular weight is 162 g/mol. The molecule has 0 aliphatic rings. The number of rotatable bonds is 2. The SMILES string of the molecule is CC(C)(C)OC(=O)CC(=O)F. The average Bonchev–Trinajstić information content (AvgIpc) is 1.53. The van der Waals surface area contributed by atoms with Gasteiger partial charge < -0.3 is 4.74 Å². The van der Waals surface area contributed by atoms with E-state index in [4.69, 9.17) is 0 Å². The van der Waals surface area contributed by atoms with E-state index in [2.05, 4.69) is 4.74 Å². The van der Waals surface area contributed by atoms with Crippen LogP contribution in [0.15, 0.2) is 0 Å². The molecule has 64 valence electrons. The molecule has 11 heavy (non-hydrogen) atoms. The van der Waals surface area contributed by atoms with Crippen LogP contribution in [-0.2, 0) is 14.3 Å². The Morgan fingerprint density at radius 1 is 1.36 bits per heavy atom. The number of esters is 1.